The molecule has 0 bridgehead atoms. The minimum absolute atomic E-state index is 0.251. The molecule has 0 unspecified atom stereocenters. The maximum absolute atomic E-state index is 12.4. The molecule has 1 heterocycles. The van der Waals surface area contributed by atoms with Crippen molar-refractivity contribution in [3.8, 4) is 0 Å². The van der Waals surface area contributed by atoms with Gasteiger partial charge in [0.25, 0.3) is 5.91 Å². The predicted octanol–water partition coefficient (Wildman–Crippen LogP) is 1.75. The van der Waals surface area contributed by atoms with Gasteiger partial charge in [-0.3, -0.25) is 4.79 Å². The molecular weight excluding hydrogens is 317 g/mol. The summed E-state index contributed by atoms with van der Waals surface area (Å²) in [7, 11) is -0.968. The second kappa shape index (κ2) is 7.55. The molecule has 1 aliphatic heterocycles. The Morgan fingerprint density at radius 2 is 2.12 bits per heavy atom. The first-order valence-electron chi connectivity index (χ1n) is 8.13. The number of carbonyl (C=O) groups is 1. The minimum Gasteiger partial charge on any atom is -0.492 e. The van der Waals surface area contributed by atoms with Crippen molar-refractivity contribution in [2.75, 3.05) is 0 Å². The fourth-order valence-electron chi connectivity index (χ4n) is 2.59. The van der Waals surface area contributed by atoms with Gasteiger partial charge in [-0.15, -0.1) is 0 Å². The van der Waals surface area contributed by atoms with E-state index in [-0.39, 0.29) is 11.9 Å². The second-order valence-corrected chi connectivity index (χ2v) is 6.01. The molecule has 25 heavy (non-hydrogen) atoms. The monoisotopic (exact) mass is 337 g/mol. The lowest BCUT2D eigenvalue weighted by atomic mass is 9.79. The fourth-order valence-corrected chi connectivity index (χ4v) is 2.59. The fraction of sp³-hybridized carbons (Fsp3) is 0.211. The molecule has 0 saturated carbocycles. The van der Waals surface area contributed by atoms with E-state index >= 15 is 0 Å². The maximum Gasteiger partial charge on any atom is 0.491 e. The van der Waals surface area contributed by atoms with Crippen LogP contribution < -0.4 is 10.8 Å². The molecule has 6 heteroatoms. The average molecular weight is 337 g/mol. The number of hydrogen-bond acceptors (Lipinski definition) is 4. The van der Waals surface area contributed by atoms with E-state index in [1.807, 2.05) is 37.3 Å². The van der Waals surface area contributed by atoms with Crippen molar-refractivity contribution in [3.63, 3.8) is 0 Å². The molecule has 1 aliphatic rings. The van der Waals surface area contributed by atoms with Gasteiger partial charge in [0.05, 0.1) is 12.6 Å². The first-order valence-corrected chi connectivity index (χ1v) is 8.13. The Morgan fingerprint density at radius 3 is 2.88 bits per heavy atom. The van der Waals surface area contributed by atoms with E-state index in [0.717, 1.165) is 11.1 Å². The van der Waals surface area contributed by atoms with Crippen LogP contribution in [0.2, 0.25) is 0 Å². The predicted molar refractivity (Wildman–Crippen MR) is 96.1 cm³/mol. The molecule has 0 radical (unpaired) electrons. The molecule has 3 rings (SSSR count). The Bertz CT molecular complexity index is 778. The lowest BCUT2D eigenvalue weighted by Crippen LogP contribution is -2.36. The van der Waals surface area contributed by atoms with Crippen LogP contribution in [0.1, 0.15) is 28.4 Å². The molecule has 0 spiro atoms. The Morgan fingerprint density at radius 1 is 1.36 bits per heavy atom. The van der Waals surface area contributed by atoms with Crippen LogP contribution in [0.15, 0.2) is 60.9 Å². The first kappa shape index (κ1) is 17.3. The smallest absolute Gasteiger partial charge is 0.491 e. The Hall–Kier alpha value is -2.57. The highest BCUT2D eigenvalue weighted by Crippen LogP contribution is 2.13. The zero-order chi connectivity index (χ0) is 17.8. The van der Waals surface area contributed by atoms with Gasteiger partial charge < -0.3 is 19.7 Å². The summed E-state index contributed by atoms with van der Waals surface area (Å²) < 4.78 is 10.8. The zero-order valence-electron chi connectivity index (χ0n) is 14.1. The standard InChI is InChI=1S/C19H20BNO4/c1-13(14(2)24-11-15-6-4-3-5-7-15)21-19(22)16-8-9-17-12-25-20(23)18(17)10-16/h3-10,13,23H,2,11-12H2,1H3,(H,21,22)/t13-/m1/s1. The van der Waals surface area contributed by atoms with E-state index < -0.39 is 7.12 Å². The van der Waals surface area contributed by atoms with Gasteiger partial charge >= 0.3 is 7.12 Å². The van der Waals surface area contributed by atoms with E-state index in [2.05, 4.69) is 11.9 Å². The van der Waals surface area contributed by atoms with Gasteiger partial charge in [-0.1, -0.05) is 43.0 Å². The largest absolute Gasteiger partial charge is 0.492 e. The van der Waals surface area contributed by atoms with Crippen LogP contribution in [0.3, 0.4) is 0 Å². The normalized spacial score (nSPS) is 13.9. The van der Waals surface area contributed by atoms with E-state index in [1.165, 1.54) is 0 Å². The van der Waals surface area contributed by atoms with Crippen molar-refractivity contribution in [1.29, 1.82) is 0 Å². The van der Waals surface area contributed by atoms with Crippen LogP contribution in [0.5, 0.6) is 0 Å². The highest BCUT2D eigenvalue weighted by Gasteiger charge is 2.28. The van der Waals surface area contributed by atoms with Crippen LogP contribution in [-0.4, -0.2) is 24.1 Å². The number of fused-ring (bicyclic) bond motifs is 1. The van der Waals surface area contributed by atoms with E-state index in [1.54, 1.807) is 18.2 Å². The summed E-state index contributed by atoms with van der Waals surface area (Å²) in [4.78, 5) is 12.4. The molecule has 1 atom stereocenters. The zero-order valence-corrected chi connectivity index (χ0v) is 14.1. The van der Waals surface area contributed by atoms with Crippen LogP contribution in [0, 0.1) is 0 Å². The number of rotatable bonds is 6. The van der Waals surface area contributed by atoms with Gasteiger partial charge in [0.1, 0.15) is 12.4 Å². The Balaban J connectivity index is 1.57. The summed E-state index contributed by atoms with van der Waals surface area (Å²) in [5.41, 5.74) is 3.04. The molecule has 0 aromatic heterocycles. The maximum atomic E-state index is 12.4. The van der Waals surface area contributed by atoms with Gasteiger partial charge in [0.15, 0.2) is 0 Å². The molecule has 2 N–H and O–H groups in total. The van der Waals surface area contributed by atoms with Gasteiger partial charge in [-0.25, -0.2) is 0 Å². The number of carbonyl (C=O) groups excluding carboxylic acids is 1. The van der Waals surface area contributed by atoms with Gasteiger partial charge in [0, 0.05) is 5.56 Å². The molecular formula is C19H20BNO4. The topological polar surface area (TPSA) is 67.8 Å². The van der Waals surface area contributed by atoms with Crippen LogP contribution in [0.4, 0.5) is 0 Å². The average Bonchev–Trinajstić information content (AvgIpc) is 3.01. The summed E-state index contributed by atoms with van der Waals surface area (Å²) in [6.07, 6.45) is 0. The summed E-state index contributed by atoms with van der Waals surface area (Å²) in [5, 5.41) is 12.6. The van der Waals surface area contributed by atoms with Crippen molar-refractivity contribution >= 4 is 18.5 Å². The summed E-state index contributed by atoms with van der Waals surface area (Å²) in [6.45, 7) is 6.47. The Kier molecular flexibility index (Phi) is 5.21. The number of ether oxygens (including phenoxy) is 1. The molecule has 128 valence electrons. The highest BCUT2D eigenvalue weighted by molar-refractivity contribution is 6.61. The van der Waals surface area contributed by atoms with Crippen molar-refractivity contribution in [2.45, 2.75) is 26.2 Å². The number of hydrogen-bond donors (Lipinski definition) is 2. The third-order valence-corrected chi connectivity index (χ3v) is 4.17. The summed E-state index contributed by atoms with van der Waals surface area (Å²) in [5.74, 6) is 0.237. The van der Waals surface area contributed by atoms with Crippen LogP contribution in [0.25, 0.3) is 0 Å². The summed E-state index contributed by atoms with van der Waals surface area (Å²) in [6, 6.07) is 14.6. The first-order chi connectivity index (χ1) is 12.0. The lowest BCUT2D eigenvalue weighted by Gasteiger charge is -2.18. The number of benzene rings is 2. The van der Waals surface area contributed by atoms with Crippen molar-refractivity contribution in [1.82, 2.24) is 5.32 Å². The van der Waals surface area contributed by atoms with Gasteiger partial charge in [-0.05, 0) is 35.6 Å². The Labute approximate surface area is 147 Å². The molecule has 0 saturated heterocycles. The van der Waals surface area contributed by atoms with Crippen molar-refractivity contribution < 1.29 is 19.2 Å². The molecule has 0 aliphatic carbocycles. The van der Waals surface area contributed by atoms with Crippen molar-refractivity contribution in [2.24, 2.45) is 0 Å². The molecule has 2 aromatic carbocycles. The quantitative estimate of drug-likeness (QED) is 0.623. The van der Waals surface area contributed by atoms with E-state index in [9.17, 15) is 9.82 Å². The SMILES string of the molecule is C=C(OCc1ccccc1)[C@@H](C)NC(=O)c1ccc2c(c1)B(O)OC2. The molecule has 1 amide bonds. The van der Waals surface area contributed by atoms with Gasteiger partial charge in [-0.2, -0.15) is 0 Å². The van der Waals surface area contributed by atoms with Crippen LogP contribution in [-0.2, 0) is 22.6 Å². The second-order valence-electron chi connectivity index (χ2n) is 6.01. The molecule has 2 aromatic rings. The minimum atomic E-state index is -0.968. The lowest BCUT2D eigenvalue weighted by molar-refractivity contribution is 0.0923. The van der Waals surface area contributed by atoms with Crippen molar-refractivity contribution in [3.05, 3.63) is 77.6 Å². The van der Waals surface area contributed by atoms with Crippen LogP contribution >= 0.6 is 0 Å². The number of amides is 1. The molecule has 5 nitrogen and oxygen atoms in total. The third-order valence-electron chi connectivity index (χ3n) is 4.17. The summed E-state index contributed by atoms with van der Waals surface area (Å²) >= 11 is 0. The number of nitrogens with one attached hydrogen (secondary N) is 1. The van der Waals surface area contributed by atoms with E-state index in [4.69, 9.17) is 9.39 Å². The van der Waals surface area contributed by atoms with Gasteiger partial charge in [0.2, 0.25) is 0 Å². The highest BCUT2D eigenvalue weighted by atomic mass is 16.5. The third kappa shape index (κ3) is 4.10. The molecule has 0 fully saturated rings. The van der Waals surface area contributed by atoms with E-state index in [0.29, 0.717) is 30.0 Å².